The van der Waals surface area contributed by atoms with E-state index < -0.39 is 30.5 Å². The third kappa shape index (κ3) is 4.01. The van der Waals surface area contributed by atoms with Crippen molar-refractivity contribution in [3.63, 3.8) is 0 Å². The molecule has 1 fully saturated rings. The molecule has 15 heavy (non-hydrogen) atoms. The minimum absolute atomic E-state index is 0.0251. The van der Waals surface area contributed by atoms with Crippen LogP contribution in [0.2, 0.25) is 5.82 Å². The van der Waals surface area contributed by atoms with Gasteiger partial charge in [-0.05, 0) is 20.8 Å². The Balaban J connectivity index is 2.31. The zero-order valence-corrected chi connectivity index (χ0v) is 8.89. The van der Waals surface area contributed by atoms with Gasteiger partial charge in [-0.15, -0.1) is 0 Å². The maximum atomic E-state index is 12.1. The molecule has 1 aliphatic rings. The normalized spacial score (nSPS) is 26.0. The van der Waals surface area contributed by atoms with Gasteiger partial charge in [0.25, 0.3) is 0 Å². The Morgan fingerprint density at radius 3 is 2.27 bits per heavy atom. The van der Waals surface area contributed by atoms with Gasteiger partial charge in [0, 0.05) is 6.04 Å². The maximum Gasteiger partial charge on any atom is 0.483 e. The molecule has 0 unspecified atom stereocenters. The Bertz CT molecular complexity index is 262. The van der Waals surface area contributed by atoms with Gasteiger partial charge in [-0.25, -0.2) is 4.79 Å². The lowest BCUT2D eigenvalue weighted by Crippen LogP contribution is -2.35. The zero-order valence-electron chi connectivity index (χ0n) is 8.89. The fraction of sp³-hybridized carbons (Fsp3) is 0.875. The number of rotatable bonds is 2. The molecule has 0 aromatic heterocycles. The molecule has 0 aromatic carbocycles. The van der Waals surface area contributed by atoms with Crippen LogP contribution >= 0.6 is 0 Å². The summed E-state index contributed by atoms with van der Waals surface area (Å²) in [5, 5.41) is 2.20. The van der Waals surface area contributed by atoms with Gasteiger partial charge in [-0.2, -0.15) is 0 Å². The Labute approximate surface area is 86.4 Å². The van der Waals surface area contributed by atoms with Crippen LogP contribution in [0.5, 0.6) is 0 Å². The quantitative estimate of drug-likeness (QED) is 0.731. The van der Waals surface area contributed by atoms with Crippen LogP contribution in [-0.2, 0) is 4.74 Å². The summed E-state index contributed by atoms with van der Waals surface area (Å²) in [7, 11) is 0. The molecule has 1 saturated carbocycles. The van der Waals surface area contributed by atoms with Crippen LogP contribution in [-0.4, -0.2) is 24.7 Å². The lowest BCUT2D eigenvalue weighted by atomic mass is 9.83. The molecule has 3 nitrogen and oxygen atoms in total. The van der Waals surface area contributed by atoms with Crippen molar-refractivity contribution in [2.24, 2.45) is 0 Å². The van der Waals surface area contributed by atoms with E-state index in [9.17, 15) is 17.7 Å². The summed E-state index contributed by atoms with van der Waals surface area (Å²) in [6, 6.07) is -0.792. The molecule has 1 aliphatic carbocycles. The Morgan fingerprint density at radius 2 is 1.93 bits per heavy atom. The lowest BCUT2D eigenvalue weighted by molar-refractivity contribution is 0.0523. The Morgan fingerprint density at radius 1 is 1.40 bits per heavy atom. The summed E-state index contributed by atoms with van der Waals surface area (Å²) in [4.78, 5) is 11.1. The van der Waals surface area contributed by atoms with E-state index in [1.807, 2.05) is 0 Å². The predicted molar refractivity (Wildman–Crippen MR) is 50.6 cm³/mol. The summed E-state index contributed by atoms with van der Waals surface area (Å²) >= 11 is 0. The third-order valence-electron chi connectivity index (χ3n) is 2.03. The van der Waals surface area contributed by atoms with Crippen LogP contribution < -0.4 is 5.32 Å². The summed E-state index contributed by atoms with van der Waals surface area (Å²) in [6.07, 6.45) is -0.807. The lowest BCUT2D eigenvalue weighted by Gasteiger charge is -2.20. The molecule has 7 heteroatoms. The maximum absolute atomic E-state index is 12.1. The average molecular weight is 224 g/mol. The van der Waals surface area contributed by atoms with Crippen molar-refractivity contribution in [2.75, 3.05) is 0 Å². The summed E-state index contributed by atoms with van der Waals surface area (Å²) < 4.78 is 41.3. The molecule has 88 valence electrons. The predicted octanol–water partition coefficient (Wildman–Crippen LogP) is 2.50. The van der Waals surface area contributed by atoms with E-state index in [2.05, 4.69) is 5.32 Å². The van der Waals surface area contributed by atoms with E-state index in [0.717, 1.165) is 0 Å². The molecule has 0 spiro atoms. The van der Waals surface area contributed by atoms with Gasteiger partial charge in [0.1, 0.15) is 5.60 Å². The highest BCUT2D eigenvalue weighted by Gasteiger charge is 2.51. The molecule has 0 heterocycles. The summed E-state index contributed by atoms with van der Waals surface area (Å²) in [6.45, 7) is 0.138. The number of amides is 1. The van der Waals surface area contributed by atoms with E-state index in [0.29, 0.717) is 0 Å². The first-order chi connectivity index (χ1) is 6.59. The molecule has 0 aliphatic heterocycles. The number of halogens is 3. The van der Waals surface area contributed by atoms with Crippen molar-refractivity contribution in [1.82, 2.24) is 5.32 Å². The summed E-state index contributed by atoms with van der Waals surface area (Å²) in [5.74, 6) is -1.35. The highest BCUT2D eigenvalue weighted by atomic mass is 19.4. The SMILES string of the molecule is CC(C)(C)OC(=O)N[C@H]1C[C@H]1[B-](F)(F)F. The third-order valence-corrected chi connectivity index (χ3v) is 2.03. The number of hydrogen-bond acceptors (Lipinski definition) is 2. The van der Waals surface area contributed by atoms with Gasteiger partial charge < -0.3 is 23.0 Å². The Hall–Kier alpha value is -0.875. The molecule has 1 N–H and O–H groups in total. The molecule has 1 amide bonds. The van der Waals surface area contributed by atoms with Crippen LogP contribution in [0.3, 0.4) is 0 Å². The van der Waals surface area contributed by atoms with Crippen molar-refractivity contribution in [3.05, 3.63) is 0 Å². The average Bonchev–Trinajstić information content (AvgIpc) is 2.59. The molecule has 2 atom stereocenters. The van der Waals surface area contributed by atoms with Crippen molar-refractivity contribution in [1.29, 1.82) is 0 Å². The number of hydrogen-bond donors (Lipinski definition) is 1. The standard InChI is InChI=1S/C8H14BF3NO2/c1-8(2,3)15-7(14)13-6-4-5(6)9(10,11)12/h5-6H,4H2,1-3H3,(H,13,14)/q-1/t5-,6+/m1/s1. The topological polar surface area (TPSA) is 38.3 Å². The van der Waals surface area contributed by atoms with Crippen molar-refractivity contribution in [3.8, 4) is 0 Å². The van der Waals surface area contributed by atoms with Crippen LogP contribution in [0.15, 0.2) is 0 Å². The zero-order chi connectivity index (χ0) is 11.9. The highest BCUT2D eigenvalue weighted by Crippen LogP contribution is 2.47. The second kappa shape index (κ2) is 3.61. The molecule has 0 saturated heterocycles. The van der Waals surface area contributed by atoms with Crippen molar-refractivity contribution >= 4 is 13.1 Å². The van der Waals surface area contributed by atoms with Crippen LogP contribution in [0.25, 0.3) is 0 Å². The number of nitrogens with one attached hydrogen (secondary N) is 1. The van der Waals surface area contributed by atoms with Gasteiger partial charge in [0.15, 0.2) is 0 Å². The largest absolute Gasteiger partial charge is 0.483 e. The highest BCUT2D eigenvalue weighted by molar-refractivity contribution is 6.61. The minimum atomic E-state index is -4.83. The smallest absolute Gasteiger partial charge is 0.449 e. The first-order valence-corrected chi connectivity index (χ1v) is 4.79. The van der Waals surface area contributed by atoms with E-state index in [1.165, 1.54) is 0 Å². The van der Waals surface area contributed by atoms with Gasteiger partial charge in [0.05, 0.1) is 0 Å². The molecular formula is C8H14BF3NO2-. The molecule has 0 radical (unpaired) electrons. The molecule has 0 bridgehead atoms. The van der Waals surface area contributed by atoms with E-state index in [-0.39, 0.29) is 6.42 Å². The Kier molecular flexibility index (Phi) is 2.93. The van der Waals surface area contributed by atoms with Gasteiger partial charge in [-0.3, -0.25) is 0 Å². The second-order valence-corrected chi connectivity index (χ2v) is 4.78. The molecular weight excluding hydrogens is 210 g/mol. The number of carbonyl (C=O) groups excluding carboxylic acids is 1. The van der Waals surface area contributed by atoms with Crippen LogP contribution in [0.4, 0.5) is 17.7 Å². The number of ether oxygens (including phenoxy) is 1. The fourth-order valence-electron chi connectivity index (χ4n) is 1.26. The fourth-order valence-corrected chi connectivity index (χ4v) is 1.26. The van der Waals surface area contributed by atoms with E-state index in [4.69, 9.17) is 4.74 Å². The molecule has 0 aromatic rings. The van der Waals surface area contributed by atoms with Crippen molar-refractivity contribution in [2.45, 2.75) is 44.7 Å². The van der Waals surface area contributed by atoms with E-state index >= 15 is 0 Å². The number of carbonyl (C=O) groups is 1. The van der Waals surface area contributed by atoms with Crippen LogP contribution in [0, 0.1) is 0 Å². The van der Waals surface area contributed by atoms with Gasteiger partial charge in [0.2, 0.25) is 0 Å². The second-order valence-electron chi connectivity index (χ2n) is 4.78. The van der Waals surface area contributed by atoms with E-state index in [1.54, 1.807) is 20.8 Å². The van der Waals surface area contributed by atoms with Crippen molar-refractivity contribution < 1.29 is 22.5 Å². The molecule has 1 rings (SSSR count). The first-order valence-electron chi connectivity index (χ1n) is 4.79. The number of alkyl carbamates (subject to hydrolysis) is 1. The minimum Gasteiger partial charge on any atom is -0.449 e. The first kappa shape index (κ1) is 12.2. The summed E-state index contributed by atoms with van der Waals surface area (Å²) in [5.41, 5.74) is -0.683. The van der Waals surface area contributed by atoms with Gasteiger partial charge >= 0.3 is 13.1 Å². The van der Waals surface area contributed by atoms with Crippen LogP contribution in [0.1, 0.15) is 27.2 Å². The van der Waals surface area contributed by atoms with Gasteiger partial charge in [-0.1, -0.05) is 12.2 Å². The monoisotopic (exact) mass is 224 g/mol.